The molecular formula is C13H18N2O. The van der Waals surface area contributed by atoms with E-state index in [0.29, 0.717) is 13.0 Å². The van der Waals surface area contributed by atoms with E-state index >= 15 is 0 Å². The Kier molecular flexibility index (Phi) is 5.12. The molecule has 0 aliphatic rings. The lowest BCUT2D eigenvalue weighted by atomic mass is 10.1. The summed E-state index contributed by atoms with van der Waals surface area (Å²) in [5, 5.41) is 2.86. The van der Waals surface area contributed by atoms with Crippen molar-refractivity contribution in [2.75, 3.05) is 12.3 Å². The monoisotopic (exact) mass is 218 g/mol. The number of benzene rings is 1. The minimum Gasteiger partial charge on any atom is -0.399 e. The average Bonchev–Trinajstić information content (AvgIpc) is 2.29. The molecule has 3 nitrogen and oxygen atoms in total. The summed E-state index contributed by atoms with van der Waals surface area (Å²) in [5.41, 5.74) is 7.52. The van der Waals surface area contributed by atoms with E-state index in [2.05, 4.69) is 11.9 Å². The number of amides is 1. The summed E-state index contributed by atoms with van der Waals surface area (Å²) in [6.45, 7) is 4.24. The molecule has 16 heavy (non-hydrogen) atoms. The number of rotatable bonds is 6. The van der Waals surface area contributed by atoms with Gasteiger partial charge in [0, 0.05) is 18.7 Å². The van der Waals surface area contributed by atoms with Gasteiger partial charge in [0.2, 0.25) is 5.91 Å². The van der Waals surface area contributed by atoms with E-state index in [-0.39, 0.29) is 5.91 Å². The molecule has 1 rings (SSSR count). The zero-order valence-electron chi connectivity index (χ0n) is 9.41. The number of nitrogens with two attached hydrogens (primary N) is 1. The number of anilines is 1. The van der Waals surface area contributed by atoms with Gasteiger partial charge in [0.05, 0.1) is 0 Å². The SMILES string of the molecule is C=CCCC(=O)NCCc1ccc(N)cc1. The number of hydrogen-bond donors (Lipinski definition) is 2. The average molecular weight is 218 g/mol. The second-order valence-corrected chi connectivity index (χ2v) is 3.67. The van der Waals surface area contributed by atoms with Crippen LogP contribution >= 0.6 is 0 Å². The van der Waals surface area contributed by atoms with Gasteiger partial charge in [-0.3, -0.25) is 4.79 Å². The summed E-state index contributed by atoms with van der Waals surface area (Å²) in [7, 11) is 0. The Morgan fingerprint density at radius 3 is 2.69 bits per heavy atom. The van der Waals surface area contributed by atoms with E-state index in [1.807, 2.05) is 24.3 Å². The number of carbonyl (C=O) groups is 1. The molecule has 1 aromatic rings. The van der Waals surface area contributed by atoms with Gasteiger partial charge in [0.15, 0.2) is 0 Å². The molecule has 0 unspecified atom stereocenters. The summed E-state index contributed by atoms with van der Waals surface area (Å²) in [6, 6.07) is 7.69. The molecule has 0 aromatic heterocycles. The molecular weight excluding hydrogens is 200 g/mol. The van der Waals surface area contributed by atoms with Crippen molar-refractivity contribution < 1.29 is 4.79 Å². The Morgan fingerprint density at radius 2 is 2.06 bits per heavy atom. The molecule has 3 heteroatoms. The van der Waals surface area contributed by atoms with Gasteiger partial charge in [0.25, 0.3) is 0 Å². The third-order valence-corrected chi connectivity index (χ3v) is 2.29. The van der Waals surface area contributed by atoms with Crippen molar-refractivity contribution in [3.8, 4) is 0 Å². The minimum atomic E-state index is 0.0790. The van der Waals surface area contributed by atoms with E-state index < -0.39 is 0 Å². The van der Waals surface area contributed by atoms with Crippen LogP contribution in [0.5, 0.6) is 0 Å². The van der Waals surface area contributed by atoms with E-state index in [1.165, 1.54) is 5.56 Å². The maximum Gasteiger partial charge on any atom is 0.220 e. The summed E-state index contributed by atoms with van der Waals surface area (Å²) < 4.78 is 0. The first-order valence-electron chi connectivity index (χ1n) is 5.44. The quantitative estimate of drug-likeness (QED) is 0.566. The fourth-order valence-corrected chi connectivity index (χ4v) is 1.35. The van der Waals surface area contributed by atoms with Crippen molar-refractivity contribution in [2.45, 2.75) is 19.3 Å². The lowest BCUT2D eigenvalue weighted by Gasteiger charge is -2.04. The normalized spacial score (nSPS) is 9.75. The van der Waals surface area contributed by atoms with Crippen molar-refractivity contribution in [1.29, 1.82) is 0 Å². The number of allylic oxidation sites excluding steroid dienone is 1. The van der Waals surface area contributed by atoms with Crippen LogP contribution in [-0.2, 0) is 11.2 Å². The summed E-state index contributed by atoms with van der Waals surface area (Å²) >= 11 is 0. The maximum absolute atomic E-state index is 11.3. The van der Waals surface area contributed by atoms with Gasteiger partial charge in [-0.2, -0.15) is 0 Å². The van der Waals surface area contributed by atoms with Gasteiger partial charge < -0.3 is 11.1 Å². The fraction of sp³-hybridized carbons (Fsp3) is 0.308. The molecule has 1 amide bonds. The second-order valence-electron chi connectivity index (χ2n) is 3.67. The Morgan fingerprint density at radius 1 is 1.38 bits per heavy atom. The lowest BCUT2D eigenvalue weighted by Crippen LogP contribution is -2.25. The zero-order chi connectivity index (χ0) is 11.8. The molecule has 0 bridgehead atoms. The lowest BCUT2D eigenvalue weighted by molar-refractivity contribution is -0.120. The van der Waals surface area contributed by atoms with E-state index in [9.17, 15) is 4.79 Å². The van der Waals surface area contributed by atoms with Crippen molar-refractivity contribution in [3.05, 3.63) is 42.5 Å². The van der Waals surface area contributed by atoms with Crippen LogP contribution in [0.2, 0.25) is 0 Å². The number of carbonyl (C=O) groups excluding carboxylic acids is 1. The van der Waals surface area contributed by atoms with Gasteiger partial charge in [-0.25, -0.2) is 0 Å². The third-order valence-electron chi connectivity index (χ3n) is 2.29. The van der Waals surface area contributed by atoms with Crippen molar-refractivity contribution in [3.63, 3.8) is 0 Å². The molecule has 0 atom stereocenters. The first-order valence-corrected chi connectivity index (χ1v) is 5.44. The first kappa shape index (κ1) is 12.3. The maximum atomic E-state index is 11.3. The van der Waals surface area contributed by atoms with Crippen LogP contribution in [0.1, 0.15) is 18.4 Å². The second kappa shape index (κ2) is 6.67. The van der Waals surface area contributed by atoms with Crippen LogP contribution in [0.25, 0.3) is 0 Å². The van der Waals surface area contributed by atoms with Crippen molar-refractivity contribution in [1.82, 2.24) is 5.32 Å². The number of hydrogen-bond acceptors (Lipinski definition) is 2. The van der Waals surface area contributed by atoms with Gasteiger partial charge in [-0.05, 0) is 30.5 Å². The Bertz CT molecular complexity index is 343. The first-order chi connectivity index (χ1) is 7.72. The van der Waals surface area contributed by atoms with Crippen molar-refractivity contribution >= 4 is 11.6 Å². The number of nitrogen functional groups attached to an aromatic ring is 1. The van der Waals surface area contributed by atoms with Crippen LogP contribution in [-0.4, -0.2) is 12.5 Å². The Balaban J connectivity index is 2.22. The Hall–Kier alpha value is -1.77. The molecule has 0 spiro atoms. The minimum absolute atomic E-state index is 0.0790. The highest BCUT2D eigenvalue weighted by Gasteiger charge is 1.98. The molecule has 0 aliphatic heterocycles. The third kappa shape index (κ3) is 4.64. The summed E-state index contributed by atoms with van der Waals surface area (Å²) in [4.78, 5) is 11.3. The topological polar surface area (TPSA) is 55.1 Å². The van der Waals surface area contributed by atoms with Crippen LogP contribution in [0.3, 0.4) is 0 Å². The van der Waals surface area contributed by atoms with Crippen LogP contribution < -0.4 is 11.1 Å². The van der Waals surface area contributed by atoms with E-state index in [0.717, 1.165) is 18.5 Å². The molecule has 0 fully saturated rings. The van der Waals surface area contributed by atoms with E-state index in [4.69, 9.17) is 5.73 Å². The largest absolute Gasteiger partial charge is 0.399 e. The highest BCUT2D eigenvalue weighted by molar-refractivity contribution is 5.75. The molecule has 0 radical (unpaired) electrons. The Labute approximate surface area is 96.3 Å². The number of nitrogens with one attached hydrogen (secondary N) is 1. The molecule has 86 valence electrons. The zero-order valence-corrected chi connectivity index (χ0v) is 9.41. The molecule has 0 saturated carbocycles. The van der Waals surface area contributed by atoms with Crippen LogP contribution in [0, 0.1) is 0 Å². The van der Waals surface area contributed by atoms with Crippen LogP contribution in [0.4, 0.5) is 5.69 Å². The van der Waals surface area contributed by atoms with Gasteiger partial charge in [-0.1, -0.05) is 18.2 Å². The van der Waals surface area contributed by atoms with Gasteiger partial charge in [0.1, 0.15) is 0 Å². The van der Waals surface area contributed by atoms with Gasteiger partial charge in [-0.15, -0.1) is 6.58 Å². The smallest absolute Gasteiger partial charge is 0.220 e. The molecule has 3 N–H and O–H groups in total. The highest BCUT2D eigenvalue weighted by atomic mass is 16.1. The summed E-state index contributed by atoms with van der Waals surface area (Å²) in [6.07, 6.45) is 3.83. The van der Waals surface area contributed by atoms with E-state index in [1.54, 1.807) is 6.08 Å². The molecule has 0 heterocycles. The van der Waals surface area contributed by atoms with Crippen LogP contribution in [0.15, 0.2) is 36.9 Å². The predicted octanol–water partition coefficient (Wildman–Crippen LogP) is 1.89. The standard InChI is InChI=1S/C13H18N2O/c1-2-3-4-13(16)15-10-9-11-5-7-12(14)8-6-11/h2,5-8H,1,3-4,9-10,14H2,(H,15,16). The summed E-state index contributed by atoms with van der Waals surface area (Å²) in [5.74, 6) is 0.0790. The fourth-order valence-electron chi connectivity index (χ4n) is 1.35. The molecule has 0 aliphatic carbocycles. The molecule has 0 saturated heterocycles. The van der Waals surface area contributed by atoms with Crippen molar-refractivity contribution in [2.24, 2.45) is 0 Å². The van der Waals surface area contributed by atoms with Gasteiger partial charge >= 0.3 is 0 Å². The molecule has 1 aromatic carbocycles. The highest BCUT2D eigenvalue weighted by Crippen LogP contribution is 2.05. The predicted molar refractivity (Wildman–Crippen MR) is 67.0 cm³/mol.